The van der Waals surface area contributed by atoms with E-state index in [4.69, 9.17) is 4.74 Å². The van der Waals surface area contributed by atoms with E-state index in [-0.39, 0.29) is 5.91 Å². The second-order valence-corrected chi connectivity index (χ2v) is 3.58. The summed E-state index contributed by atoms with van der Waals surface area (Å²) in [4.78, 5) is 13.2. The summed E-state index contributed by atoms with van der Waals surface area (Å²) >= 11 is 0. The Morgan fingerprint density at radius 3 is 2.85 bits per heavy atom. The van der Waals surface area contributed by atoms with E-state index in [9.17, 15) is 4.79 Å². The topological polar surface area (TPSA) is 29.5 Å². The summed E-state index contributed by atoms with van der Waals surface area (Å²) in [5.41, 5.74) is 0. The highest BCUT2D eigenvalue weighted by molar-refractivity contribution is 5.78. The molecule has 3 heteroatoms. The molecule has 1 aliphatic rings. The van der Waals surface area contributed by atoms with Crippen LogP contribution in [0.15, 0.2) is 0 Å². The minimum atomic E-state index is 0.285. The molecular weight excluding hydrogens is 166 g/mol. The van der Waals surface area contributed by atoms with Crippen LogP contribution in [0.2, 0.25) is 0 Å². The molecule has 1 aliphatic heterocycles. The van der Waals surface area contributed by atoms with Crippen molar-refractivity contribution in [3.05, 3.63) is 0 Å². The van der Waals surface area contributed by atoms with E-state index in [0.717, 1.165) is 32.7 Å². The number of hydrogen-bond acceptors (Lipinski definition) is 2. The van der Waals surface area contributed by atoms with E-state index in [0.29, 0.717) is 12.3 Å². The first-order chi connectivity index (χ1) is 6.27. The fourth-order valence-corrected chi connectivity index (χ4v) is 1.67. The molecule has 0 aromatic carbocycles. The van der Waals surface area contributed by atoms with Gasteiger partial charge in [0.05, 0.1) is 6.61 Å². The van der Waals surface area contributed by atoms with Crippen molar-refractivity contribution in [2.75, 3.05) is 26.3 Å². The van der Waals surface area contributed by atoms with Crippen LogP contribution in [0, 0.1) is 5.92 Å². The Morgan fingerprint density at radius 1 is 1.54 bits per heavy atom. The van der Waals surface area contributed by atoms with E-state index >= 15 is 0 Å². The lowest BCUT2D eigenvalue weighted by molar-refractivity contribution is -0.127. The predicted molar refractivity (Wildman–Crippen MR) is 51.5 cm³/mol. The first-order valence-electron chi connectivity index (χ1n) is 5.13. The summed E-state index contributed by atoms with van der Waals surface area (Å²) in [7, 11) is 0. The van der Waals surface area contributed by atoms with Gasteiger partial charge in [-0.15, -0.1) is 0 Å². The summed E-state index contributed by atoms with van der Waals surface area (Å²) in [5, 5.41) is 0. The zero-order chi connectivity index (χ0) is 9.68. The molecule has 0 N–H and O–H groups in total. The molecule has 0 spiro atoms. The lowest BCUT2D eigenvalue weighted by atomic mass is 10.1. The van der Waals surface area contributed by atoms with Crippen molar-refractivity contribution in [2.24, 2.45) is 5.92 Å². The minimum absolute atomic E-state index is 0.285. The van der Waals surface area contributed by atoms with Gasteiger partial charge in [0.25, 0.3) is 0 Å². The lowest BCUT2D eigenvalue weighted by Crippen LogP contribution is -2.25. The van der Waals surface area contributed by atoms with E-state index in [1.807, 2.05) is 11.8 Å². The average molecular weight is 185 g/mol. The normalized spacial score (nSPS) is 22.8. The average Bonchev–Trinajstić information content (AvgIpc) is 2.47. The number of nitrogens with zero attached hydrogens (tertiary/aromatic N) is 1. The van der Waals surface area contributed by atoms with Crippen molar-refractivity contribution >= 4 is 5.91 Å². The van der Waals surface area contributed by atoms with E-state index < -0.39 is 0 Å². The molecule has 1 fully saturated rings. The van der Waals surface area contributed by atoms with Gasteiger partial charge >= 0.3 is 0 Å². The van der Waals surface area contributed by atoms with Gasteiger partial charge in [0.15, 0.2) is 0 Å². The molecule has 0 aromatic heterocycles. The van der Waals surface area contributed by atoms with Gasteiger partial charge in [0, 0.05) is 32.0 Å². The largest absolute Gasteiger partial charge is 0.381 e. The third-order valence-corrected chi connectivity index (χ3v) is 2.38. The first-order valence-corrected chi connectivity index (χ1v) is 5.13. The van der Waals surface area contributed by atoms with Crippen molar-refractivity contribution < 1.29 is 9.53 Å². The summed E-state index contributed by atoms with van der Waals surface area (Å²) in [6, 6.07) is 0. The number of likely N-dealkylation sites (tertiary alicyclic amines) is 1. The van der Waals surface area contributed by atoms with Crippen molar-refractivity contribution in [3.63, 3.8) is 0 Å². The molecule has 1 rings (SSSR count). The Bertz CT molecular complexity index is 170. The molecule has 76 valence electrons. The van der Waals surface area contributed by atoms with Gasteiger partial charge in [-0.05, 0) is 13.3 Å². The van der Waals surface area contributed by atoms with E-state index in [1.165, 1.54) is 0 Å². The Kier molecular flexibility index (Phi) is 4.22. The van der Waals surface area contributed by atoms with Crippen LogP contribution in [-0.2, 0) is 9.53 Å². The number of ether oxygens (including phenoxy) is 1. The zero-order valence-corrected chi connectivity index (χ0v) is 8.58. The van der Waals surface area contributed by atoms with Crippen LogP contribution < -0.4 is 0 Å². The maximum Gasteiger partial charge on any atom is 0.223 e. The highest BCUT2D eigenvalue weighted by atomic mass is 16.5. The van der Waals surface area contributed by atoms with Crippen LogP contribution in [0.5, 0.6) is 0 Å². The molecule has 0 radical (unpaired) electrons. The number of rotatable bonds is 5. The molecule has 0 saturated carbocycles. The van der Waals surface area contributed by atoms with Crippen molar-refractivity contribution in [1.29, 1.82) is 0 Å². The molecular formula is C10H19NO2. The third kappa shape index (κ3) is 2.99. The van der Waals surface area contributed by atoms with Gasteiger partial charge in [-0.3, -0.25) is 4.79 Å². The zero-order valence-electron chi connectivity index (χ0n) is 8.58. The van der Waals surface area contributed by atoms with Gasteiger partial charge in [0.2, 0.25) is 5.91 Å². The van der Waals surface area contributed by atoms with Gasteiger partial charge in [-0.1, -0.05) is 6.92 Å². The fourth-order valence-electron chi connectivity index (χ4n) is 1.67. The number of carbonyl (C=O) groups is 1. The molecule has 0 aromatic rings. The molecule has 1 amide bonds. The van der Waals surface area contributed by atoms with Crippen LogP contribution in [0.4, 0.5) is 0 Å². The molecule has 1 atom stereocenters. The smallest absolute Gasteiger partial charge is 0.223 e. The van der Waals surface area contributed by atoms with Crippen LogP contribution in [0.3, 0.4) is 0 Å². The van der Waals surface area contributed by atoms with E-state index in [1.54, 1.807) is 0 Å². The Morgan fingerprint density at radius 2 is 2.31 bits per heavy atom. The molecule has 1 unspecified atom stereocenters. The predicted octanol–water partition coefficient (Wildman–Crippen LogP) is 1.28. The standard InChI is InChI=1S/C10H19NO2/c1-3-5-13-8-9-6-10(12)11(4-2)7-9/h9H,3-8H2,1-2H3. The third-order valence-electron chi connectivity index (χ3n) is 2.38. The number of hydrogen-bond donors (Lipinski definition) is 0. The molecule has 3 nitrogen and oxygen atoms in total. The molecule has 1 saturated heterocycles. The summed E-state index contributed by atoms with van der Waals surface area (Å²) in [6.45, 7) is 7.40. The second kappa shape index (κ2) is 5.22. The molecule has 1 heterocycles. The SMILES string of the molecule is CCCOCC1CC(=O)N(CC)C1. The number of amides is 1. The van der Waals surface area contributed by atoms with E-state index in [2.05, 4.69) is 6.92 Å². The maximum absolute atomic E-state index is 11.3. The van der Waals surface area contributed by atoms with Gasteiger partial charge < -0.3 is 9.64 Å². The Labute approximate surface area is 80.1 Å². The van der Waals surface area contributed by atoms with Gasteiger partial charge in [0.1, 0.15) is 0 Å². The quantitative estimate of drug-likeness (QED) is 0.604. The number of carbonyl (C=O) groups excluding carboxylic acids is 1. The Balaban J connectivity index is 2.20. The lowest BCUT2D eigenvalue weighted by Gasteiger charge is -2.13. The van der Waals surface area contributed by atoms with Gasteiger partial charge in [-0.2, -0.15) is 0 Å². The monoisotopic (exact) mass is 185 g/mol. The first kappa shape index (κ1) is 10.5. The van der Waals surface area contributed by atoms with Gasteiger partial charge in [-0.25, -0.2) is 0 Å². The molecule has 0 bridgehead atoms. The molecule has 13 heavy (non-hydrogen) atoms. The summed E-state index contributed by atoms with van der Waals surface area (Å²) in [5.74, 6) is 0.714. The summed E-state index contributed by atoms with van der Waals surface area (Å²) in [6.07, 6.45) is 1.73. The maximum atomic E-state index is 11.3. The van der Waals surface area contributed by atoms with Crippen molar-refractivity contribution in [3.8, 4) is 0 Å². The van der Waals surface area contributed by atoms with Crippen LogP contribution in [0.1, 0.15) is 26.7 Å². The highest BCUT2D eigenvalue weighted by Crippen LogP contribution is 2.17. The van der Waals surface area contributed by atoms with Crippen LogP contribution in [-0.4, -0.2) is 37.1 Å². The minimum Gasteiger partial charge on any atom is -0.381 e. The highest BCUT2D eigenvalue weighted by Gasteiger charge is 2.27. The molecule has 0 aliphatic carbocycles. The second-order valence-electron chi connectivity index (χ2n) is 3.58. The van der Waals surface area contributed by atoms with Crippen molar-refractivity contribution in [1.82, 2.24) is 4.90 Å². The Hall–Kier alpha value is -0.570. The van der Waals surface area contributed by atoms with Crippen LogP contribution in [0.25, 0.3) is 0 Å². The van der Waals surface area contributed by atoms with Crippen molar-refractivity contribution in [2.45, 2.75) is 26.7 Å². The fraction of sp³-hybridized carbons (Fsp3) is 0.900. The van der Waals surface area contributed by atoms with Crippen LogP contribution >= 0.6 is 0 Å². The summed E-state index contributed by atoms with van der Waals surface area (Å²) < 4.78 is 5.43.